The van der Waals surface area contributed by atoms with Crippen LogP contribution in [0.5, 0.6) is 0 Å². The van der Waals surface area contributed by atoms with Crippen LogP contribution in [-0.4, -0.2) is 98.8 Å². The Labute approximate surface area is 365 Å². The summed E-state index contributed by atoms with van der Waals surface area (Å²) in [4.78, 5) is 53.2. The van der Waals surface area contributed by atoms with Gasteiger partial charge in [0.2, 0.25) is 17.7 Å². The Morgan fingerprint density at radius 3 is 1.45 bits per heavy atom. The zero-order chi connectivity index (χ0) is 44.4. The average molecular weight is 854 g/mol. The molecule has 0 aromatic heterocycles. The molecule has 1 fully saturated rings. The second-order valence-corrected chi connectivity index (χ2v) is 18.1. The topological polar surface area (TPSA) is 186 Å². The van der Waals surface area contributed by atoms with Gasteiger partial charge in [-0.05, 0) is 25.2 Å². The first-order chi connectivity index (χ1) is 29.0. The highest BCUT2D eigenvalue weighted by Crippen LogP contribution is 2.26. The molecule has 0 spiro atoms. The minimum Gasteiger partial charge on any atom is -0.481 e. The maximum absolute atomic E-state index is 14.1. The first-order valence-electron chi connectivity index (χ1n) is 24.7. The molecule has 3 amide bonds. The Kier molecular flexibility index (Phi) is 33.7. The minimum absolute atomic E-state index is 0.0213. The molecule has 6 atom stereocenters. The normalized spacial score (nSPS) is 19.6. The number of hydrogen-bond acceptors (Lipinski definition) is 8. The van der Waals surface area contributed by atoms with Gasteiger partial charge in [-0.15, -0.1) is 0 Å². The van der Waals surface area contributed by atoms with E-state index in [2.05, 4.69) is 24.5 Å². The second kappa shape index (κ2) is 36.2. The van der Waals surface area contributed by atoms with Crippen LogP contribution in [0, 0.1) is 5.92 Å². The van der Waals surface area contributed by atoms with E-state index in [-0.39, 0.29) is 37.5 Å². The number of aliphatic hydroxyl groups excluding tert-OH is 3. The molecule has 60 heavy (non-hydrogen) atoms. The van der Waals surface area contributed by atoms with Crippen molar-refractivity contribution in [3.63, 3.8) is 0 Å². The molecule has 1 heterocycles. The van der Waals surface area contributed by atoms with Gasteiger partial charge >= 0.3 is 5.97 Å². The number of rotatable bonds is 39. The van der Waals surface area contributed by atoms with E-state index < -0.39 is 61.0 Å². The van der Waals surface area contributed by atoms with Crippen LogP contribution < -0.4 is 10.6 Å². The highest BCUT2D eigenvalue weighted by atomic mass is 16.5. The molecule has 12 nitrogen and oxygen atoms in total. The van der Waals surface area contributed by atoms with Crippen LogP contribution in [0.4, 0.5) is 0 Å². The number of carbonyl (C=O) groups is 4. The van der Waals surface area contributed by atoms with Crippen molar-refractivity contribution in [1.82, 2.24) is 15.5 Å². The molecule has 1 rings (SSSR count). The van der Waals surface area contributed by atoms with Crippen molar-refractivity contribution in [1.29, 1.82) is 0 Å². The van der Waals surface area contributed by atoms with Gasteiger partial charge < -0.3 is 40.7 Å². The predicted octanol–water partition coefficient (Wildman–Crippen LogP) is 9.10. The van der Waals surface area contributed by atoms with E-state index in [1.807, 2.05) is 13.8 Å². The fraction of sp³-hybridized carbons (Fsp3) is 0.917. The van der Waals surface area contributed by atoms with Crippen molar-refractivity contribution < 1.29 is 44.3 Å². The number of carboxylic acid groups (broad SMARTS) is 1. The maximum Gasteiger partial charge on any atom is 0.303 e. The number of carbonyl (C=O) groups excluding carboxylic acids is 3. The zero-order valence-corrected chi connectivity index (χ0v) is 38.7. The van der Waals surface area contributed by atoms with Gasteiger partial charge in [-0.2, -0.15) is 0 Å². The molecule has 1 aliphatic rings. The molecular formula is C48H91N3O9. The lowest BCUT2D eigenvalue weighted by Gasteiger charge is -2.47. The number of carboxylic acids is 1. The average Bonchev–Trinajstić information content (AvgIpc) is 3.21. The van der Waals surface area contributed by atoms with Crippen LogP contribution in [0.3, 0.4) is 0 Å². The predicted molar refractivity (Wildman–Crippen MR) is 240 cm³/mol. The summed E-state index contributed by atoms with van der Waals surface area (Å²) in [6.45, 7) is 7.99. The lowest BCUT2D eigenvalue weighted by atomic mass is 9.94. The van der Waals surface area contributed by atoms with E-state index in [0.717, 1.165) is 38.5 Å². The van der Waals surface area contributed by atoms with E-state index in [1.54, 1.807) is 4.90 Å². The van der Waals surface area contributed by atoms with Gasteiger partial charge in [0.05, 0.1) is 13.0 Å². The number of aliphatic carboxylic acids is 1. The summed E-state index contributed by atoms with van der Waals surface area (Å²) in [6.07, 6.45) is 26.5. The van der Waals surface area contributed by atoms with Gasteiger partial charge in [0.25, 0.3) is 0 Å². The number of nitrogens with zero attached hydrogens (tertiary/aromatic N) is 1. The van der Waals surface area contributed by atoms with E-state index in [1.165, 1.54) is 122 Å². The van der Waals surface area contributed by atoms with E-state index in [9.17, 15) is 34.5 Å². The van der Waals surface area contributed by atoms with Crippen LogP contribution in [-0.2, 0) is 23.9 Å². The number of hydrogen-bond donors (Lipinski definition) is 6. The van der Waals surface area contributed by atoms with Crippen LogP contribution in [0.2, 0.25) is 0 Å². The molecule has 6 N–H and O–H groups in total. The van der Waals surface area contributed by atoms with Crippen LogP contribution in [0.1, 0.15) is 227 Å². The Hall–Kier alpha value is -2.28. The van der Waals surface area contributed by atoms with Crippen molar-refractivity contribution in [2.75, 3.05) is 13.2 Å². The Bertz CT molecular complexity index is 1110. The molecule has 0 aromatic rings. The quantitative estimate of drug-likeness (QED) is 0.0328. The Morgan fingerprint density at radius 2 is 1.03 bits per heavy atom. The van der Waals surface area contributed by atoms with Gasteiger partial charge in [-0.25, -0.2) is 0 Å². The van der Waals surface area contributed by atoms with Crippen molar-refractivity contribution in [2.45, 2.75) is 263 Å². The number of ether oxygens (including phenoxy) is 1. The molecule has 0 aromatic carbocycles. The molecule has 0 saturated carbocycles. The number of amides is 3. The molecular weight excluding hydrogens is 763 g/mol. The number of aliphatic hydroxyl groups is 3. The van der Waals surface area contributed by atoms with E-state index in [4.69, 9.17) is 9.84 Å². The van der Waals surface area contributed by atoms with Crippen molar-refractivity contribution >= 4 is 23.7 Å². The molecule has 352 valence electrons. The van der Waals surface area contributed by atoms with Gasteiger partial charge in [0.1, 0.15) is 30.4 Å². The fourth-order valence-corrected chi connectivity index (χ4v) is 8.28. The third-order valence-corrected chi connectivity index (χ3v) is 12.0. The molecule has 0 bridgehead atoms. The summed E-state index contributed by atoms with van der Waals surface area (Å²) in [5.41, 5.74) is 0. The minimum atomic E-state index is -1.57. The lowest BCUT2D eigenvalue weighted by molar-refractivity contribution is -0.231. The van der Waals surface area contributed by atoms with Crippen molar-refractivity contribution in [3.8, 4) is 0 Å². The van der Waals surface area contributed by atoms with E-state index >= 15 is 0 Å². The lowest BCUT2D eigenvalue weighted by Crippen LogP contribution is -2.70. The van der Waals surface area contributed by atoms with Crippen LogP contribution in [0.15, 0.2) is 0 Å². The Balaban J connectivity index is 2.93. The largest absolute Gasteiger partial charge is 0.481 e. The standard InChI is InChI=1S/C48H91N3O9/c1-5-7-9-11-13-15-17-19-20-21-22-24-26-28-30-32-42(54)51(35-31-29-27-25-23-18-16-14-12-10-8-6-2)48-44(46(58)45(57)40(37-52)60-48)50-47(59)39(36-38(3)4)49-41(53)33-34-43(55)56/h38-40,44-46,48,52,57-58H,5-37H2,1-4H3,(H,49,53)(H,50,59)(H,55,56)/t39-,40+,44+,45+,46+,48+/m0/s1. The summed E-state index contributed by atoms with van der Waals surface area (Å²) in [6, 6.07) is -2.30. The highest BCUT2D eigenvalue weighted by Gasteiger charge is 2.48. The fourth-order valence-electron chi connectivity index (χ4n) is 8.28. The molecule has 1 saturated heterocycles. The summed E-state index contributed by atoms with van der Waals surface area (Å²) >= 11 is 0. The highest BCUT2D eigenvalue weighted by molar-refractivity contribution is 5.89. The molecule has 1 aliphatic heterocycles. The first-order valence-corrected chi connectivity index (χ1v) is 24.7. The maximum atomic E-state index is 14.1. The monoisotopic (exact) mass is 854 g/mol. The molecule has 0 radical (unpaired) electrons. The van der Waals surface area contributed by atoms with Crippen LogP contribution >= 0.6 is 0 Å². The molecule has 12 heteroatoms. The summed E-state index contributed by atoms with van der Waals surface area (Å²) < 4.78 is 6.19. The molecule has 0 unspecified atom stereocenters. The first kappa shape index (κ1) is 55.7. The third-order valence-electron chi connectivity index (χ3n) is 12.0. The van der Waals surface area contributed by atoms with Gasteiger partial charge in [-0.3, -0.25) is 19.2 Å². The second-order valence-electron chi connectivity index (χ2n) is 18.1. The SMILES string of the molecule is CCCCCCCCCCCCCCCCCC(=O)N(CCCCCCCCCCCCCC)[C@@H]1O[C@H](CO)[C@@H](O)[C@H](O)[C@H]1NC(=O)[C@H](CC(C)C)NC(=O)CCC(=O)O. The number of nitrogens with one attached hydrogen (secondary N) is 2. The Morgan fingerprint density at radius 1 is 0.600 bits per heavy atom. The smallest absolute Gasteiger partial charge is 0.303 e. The zero-order valence-electron chi connectivity index (χ0n) is 38.7. The van der Waals surface area contributed by atoms with E-state index in [0.29, 0.717) is 19.4 Å². The summed E-state index contributed by atoms with van der Waals surface area (Å²) in [7, 11) is 0. The summed E-state index contributed by atoms with van der Waals surface area (Å²) in [5, 5.41) is 47.0. The van der Waals surface area contributed by atoms with Crippen LogP contribution in [0.25, 0.3) is 0 Å². The van der Waals surface area contributed by atoms with Crippen molar-refractivity contribution in [2.24, 2.45) is 5.92 Å². The van der Waals surface area contributed by atoms with Gasteiger partial charge in [-0.1, -0.05) is 188 Å². The van der Waals surface area contributed by atoms with Gasteiger partial charge in [0.15, 0.2) is 6.23 Å². The third kappa shape index (κ3) is 26.3. The van der Waals surface area contributed by atoms with Crippen molar-refractivity contribution in [3.05, 3.63) is 0 Å². The number of unbranched alkanes of at least 4 members (excludes halogenated alkanes) is 25. The van der Waals surface area contributed by atoms with Gasteiger partial charge in [0, 0.05) is 19.4 Å². The summed E-state index contributed by atoms with van der Waals surface area (Å²) in [5.74, 6) is -2.55. The molecule has 0 aliphatic carbocycles.